The summed E-state index contributed by atoms with van der Waals surface area (Å²) in [4.78, 5) is 31.5. The van der Waals surface area contributed by atoms with Gasteiger partial charge < -0.3 is 14.5 Å². The van der Waals surface area contributed by atoms with Crippen molar-refractivity contribution in [2.75, 3.05) is 45.9 Å². The Labute approximate surface area is 162 Å². The second kappa shape index (κ2) is 9.22. The largest absolute Gasteiger partial charge is 0.493 e. The first-order valence-electron chi connectivity index (χ1n) is 10.1. The molecule has 2 amide bonds. The molecule has 1 aromatic rings. The van der Waals surface area contributed by atoms with Gasteiger partial charge in [0.1, 0.15) is 5.75 Å². The maximum absolute atomic E-state index is 12.9. The van der Waals surface area contributed by atoms with Gasteiger partial charge in [-0.3, -0.25) is 14.5 Å². The highest BCUT2D eigenvalue weighted by Crippen LogP contribution is 2.21. The van der Waals surface area contributed by atoms with E-state index in [1.807, 2.05) is 41.0 Å². The summed E-state index contributed by atoms with van der Waals surface area (Å²) in [7, 11) is 0. The van der Waals surface area contributed by atoms with Gasteiger partial charge in [0.15, 0.2) is 0 Å². The van der Waals surface area contributed by atoms with Crippen molar-refractivity contribution in [3.63, 3.8) is 0 Å². The molecule has 1 atom stereocenters. The molecule has 2 saturated heterocycles. The Balaban J connectivity index is 1.53. The number of hydrogen-bond donors (Lipinski definition) is 0. The fraction of sp³-hybridized carbons (Fsp3) is 0.619. The number of hydrogen-bond acceptors (Lipinski definition) is 4. The van der Waals surface area contributed by atoms with Crippen LogP contribution < -0.4 is 4.74 Å². The van der Waals surface area contributed by atoms with Gasteiger partial charge in [0.05, 0.1) is 18.7 Å². The Morgan fingerprint density at radius 2 is 1.81 bits per heavy atom. The number of carbonyl (C=O) groups excluding carboxylic acids is 2. The molecule has 0 bridgehead atoms. The maximum atomic E-state index is 12.9. The molecule has 1 unspecified atom stereocenters. The number of para-hydroxylation sites is 1. The number of piperidine rings is 1. The molecule has 1 aromatic carbocycles. The molecule has 0 aromatic heterocycles. The number of likely N-dealkylation sites (tertiary alicyclic amines) is 1. The summed E-state index contributed by atoms with van der Waals surface area (Å²) < 4.78 is 5.59. The molecular weight excluding hydrogens is 342 g/mol. The van der Waals surface area contributed by atoms with Crippen LogP contribution in [0.4, 0.5) is 0 Å². The van der Waals surface area contributed by atoms with Crippen molar-refractivity contribution in [1.82, 2.24) is 14.7 Å². The third-order valence-electron chi connectivity index (χ3n) is 5.56. The molecule has 6 heteroatoms. The Morgan fingerprint density at radius 3 is 2.52 bits per heavy atom. The van der Waals surface area contributed by atoms with Gasteiger partial charge in [0.25, 0.3) is 5.91 Å². The minimum absolute atomic E-state index is 0.00896. The summed E-state index contributed by atoms with van der Waals surface area (Å²) in [6.07, 6.45) is 3.43. The van der Waals surface area contributed by atoms with Crippen LogP contribution in [-0.2, 0) is 4.79 Å². The molecule has 0 aliphatic carbocycles. The highest BCUT2D eigenvalue weighted by molar-refractivity contribution is 5.97. The van der Waals surface area contributed by atoms with Crippen LogP contribution >= 0.6 is 0 Å². The summed E-state index contributed by atoms with van der Waals surface area (Å²) in [6.45, 7) is 8.69. The lowest BCUT2D eigenvalue weighted by atomic mass is 10.0. The van der Waals surface area contributed by atoms with E-state index < -0.39 is 0 Å². The molecule has 0 saturated carbocycles. The molecule has 0 spiro atoms. The van der Waals surface area contributed by atoms with E-state index in [1.165, 1.54) is 6.42 Å². The zero-order chi connectivity index (χ0) is 19.2. The topological polar surface area (TPSA) is 53.1 Å². The summed E-state index contributed by atoms with van der Waals surface area (Å²) in [5.41, 5.74) is 0.617. The van der Waals surface area contributed by atoms with Gasteiger partial charge in [0.2, 0.25) is 5.91 Å². The average molecular weight is 373 g/mol. The smallest absolute Gasteiger partial charge is 0.257 e. The van der Waals surface area contributed by atoms with E-state index in [9.17, 15) is 9.59 Å². The minimum Gasteiger partial charge on any atom is -0.493 e. The number of ether oxygens (including phenoxy) is 1. The van der Waals surface area contributed by atoms with E-state index in [4.69, 9.17) is 4.74 Å². The molecule has 0 N–H and O–H groups in total. The van der Waals surface area contributed by atoms with E-state index in [0.29, 0.717) is 43.6 Å². The van der Waals surface area contributed by atoms with E-state index >= 15 is 0 Å². The minimum atomic E-state index is 0.00896. The molecule has 2 aliphatic heterocycles. The Hall–Kier alpha value is -2.08. The summed E-state index contributed by atoms with van der Waals surface area (Å²) in [5, 5.41) is 0. The molecule has 0 radical (unpaired) electrons. The predicted molar refractivity (Wildman–Crippen MR) is 105 cm³/mol. The van der Waals surface area contributed by atoms with Crippen LogP contribution in [0.2, 0.25) is 0 Å². The first-order valence-corrected chi connectivity index (χ1v) is 10.1. The van der Waals surface area contributed by atoms with E-state index in [-0.39, 0.29) is 11.8 Å². The third-order valence-corrected chi connectivity index (χ3v) is 5.56. The number of benzene rings is 1. The van der Waals surface area contributed by atoms with Gasteiger partial charge in [-0.05, 0) is 45.2 Å². The van der Waals surface area contributed by atoms with Crippen LogP contribution in [0.5, 0.6) is 5.75 Å². The SMILES string of the molecule is CCOc1ccccc1C(=O)N1CCN(CC(=O)N2CCCCC2C)CC1. The van der Waals surface area contributed by atoms with Crippen molar-refractivity contribution in [2.45, 2.75) is 39.2 Å². The van der Waals surface area contributed by atoms with E-state index in [0.717, 1.165) is 32.5 Å². The Bertz CT molecular complexity index is 656. The van der Waals surface area contributed by atoms with Crippen LogP contribution in [0.3, 0.4) is 0 Å². The highest BCUT2D eigenvalue weighted by Gasteiger charge is 2.28. The highest BCUT2D eigenvalue weighted by atomic mass is 16.5. The standard InChI is InChI=1S/C21H31N3O3/c1-3-27-19-10-5-4-9-18(19)21(26)23-14-12-22(13-15-23)16-20(25)24-11-7-6-8-17(24)2/h4-5,9-10,17H,3,6-8,11-16H2,1-2H3. The molecule has 27 heavy (non-hydrogen) atoms. The molecule has 148 valence electrons. The zero-order valence-corrected chi connectivity index (χ0v) is 16.5. The lowest BCUT2D eigenvalue weighted by molar-refractivity contribution is -0.136. The number of piperazine rings is 1. The second-order valence-electron chi connectivity index (χ2n) is 7.43. The van der Waals surface area contributed by atoms with Crippen LogP contribution in [0, 0.1) is 0 Å². The van der Waals surface area contributed by atoms with Gasteiger partial charge >= 0.3 is 0 Å². The predicted octanol–water partition coefficient (Wildman–Crippen LogP) is 2.24. The zero-order valence-electron chi connectivity index (χ0n) is 16.5. The molecular formula is C21H31N3O3. The average Bonchev–Trinajstić information content (AvgIpc) is 2.69. The van der Waals surface area contributed by atoms with Crippen molar-refractivity contribution in [2.24, 2.45) is 0 Å². The third kappa shape index (κ3) is 4.80. The van der Waals surface area contributed by atoms with Gasteiger partial charge in [-0.15, -0.1) is 0 Å². The molecule has 2 fully saturated rings. The van der Waals surface area contributed by atoms with Crippen molar-refractivity contribution in [3.05, 3.63) is 29.8 Å². The fourth-order valence-electron chi connectivity index (χ4n) is 3.95. The second-order valence-corrected chi connectivity index (χ2v) is 7.43. The van der Waals surface area contributed by atoms with E-state index in [1.54, 1.807) is 0 Å². The van der Waals surface area contributed by atoms with Gasteiger partial charge in [-0.2, -0.15) is 0 Å². The van der Waals surface area contributed by atoms with Gasteiger partial charge in [-0.1, -0.05) is 12.1 Å². The first kappa shape index (κ1) is 19.7. The molecule has 6 nitrogen and oxygen atoms in total. The van der Waals surface area contributed by atoms with Crippen LogP contribution in [0.1, 0.15) is 43.5 Å². The fourth-order valence-corrected chi connectivity index (χ4v) is 3.95. The monoisotopic (exact) mass is 373 g/mol. The first-order chi connectivity index (χ1) is 13.1. The van der Waals surface area contributed by atoms with Crippen molar-refractivity contribution >= 4 is 11.8 Å². The summed E-state index contributed by atoms with van der Waals surface area (Å²) in [6, 6.07) is 7.76. The Kier molecular flexibility index (Phi) is 6.72. The molecule has 2 heterocycles. The van der Waals surface area contributed by atoms with Crippen molar-refractivity contribution in [3.8, 4) is 5.75 Å². The quantitative estimate of drug-likeness (QED) is 0.794. The van der Waals surface area contributed by atoms with Crippen LogP contribution in [0.25, 0.3) is 0 Å². The van der Waals surface area contributed by atoms with Crippen molar-refractivity contribution in [1.29, 1.82) is 0 Å². The molecule has 3 rings (SSSR count). The molecule has 2 aliphatic rings. The van der Waals surface area contributed by atoms with Crippen molar-refractivity contribution < 1.29 is 14.3 Å². The number of carbonyl (C=O) groups is 2. The lowest BCUT2D eigenvalue weighted by Gasteiger charge is -2.38. The number of nitrogens with zero attached hydrogens (tertiary/aromatic N) is 3. The normalized spacial score (nSPS) is 21.2. The van der Waals surface area contributed by atoms with Gasteiger partial charge in [-0.25, -0.2) is 0 Å². The Morgan fingerprint density at radius 1 is 1.07 bits per heavy atom. The maximum Gasteiger partial charge on any atom is 0.257 e. The van der Waals surface area contributed by atoms with E-state index in [2.05, 4.69) is 11.8 Å². The summed E-state index contributed by atoms with van der Waals surface area (Å²) >= 11 is 0. The van der Waals surface area contributed by atoms with Crippen LogP contribution in [-0.4, -0.2) is 78.4 Å². The van der Waals surface area contributed by atoms with Gasteiger partial charge in [0, 0.05) is 38.8 Å². The number of rotatable bonds is 5. The number of amides is 2. The lowest BCUT2D eigenvalue weighted by Crippen LogP contribution is -2.53. The summed E-state index contributed by atoms with van der Waals surface area (Å²) in [5.74, 6) is 0.875. The van der Waals surface area contributed by atoms with Crippen LogP contribution in [0.15, 0.2) is 24.3 Å².